The van der Waals surface area contributed by atoms with Gasteiger partial charge in [-0.2, -0.15) is 0 Å². The number of aromatic nitrogens is 4. The summed E-state index contributed by atoms with van der Waals surface area (Å²) in [5.41, 5.74) is 12.2. The number of para-hydroxylation sites is 5. The minimum Gasteiger partial charge on any atom is -0.309 e. The average Bonchev–Trinajstić information content (AvgIpc) is 3.91. The summed E-state index contributed by atoms with van der Waals surface area (Å²) < 4.78 is 7.31. The number of rotatable bonds is 4. The van der Waals surface area contributed by atoms with Gasteiger partial charge in [0.25, 0.3) is 0 Å². The quantitative estimate of drug-likeness (QED) is 0.181. The van der Waals surface area contributed by atoms with Crippen molar-refractivity contribution in [1.82, 2.24) is 18.7 Å². The topological polar surface area (TPSA) is 27.7 Å². The van der Waals surface area contributed by atoms with Crippen molar-refractivity contribution in [2.45, 2.75) is 15.6 Å². The molecule has 0 aliphatic carbocycles. The first kappa shape index (κ1) is 30.6. The summed E-state index contributed by atoms with van der Waals surface area (Å²) in [5, 5.41) is 5.97. The molecule has 0 saturated carbocycles. The van der Waals surface area contributed by atoms with E-state index in [0.29, 0.717) is 0 Å². The smallest absolute Gasteiger partial charge is 0.175 e. The molecule has 4 heterocycles. The van der Waals surface area contributed by atoms with E-state index in [1.54, 1.807) is 11.8 Å². The molecule has 4 nitrogen and oxygen atoms in total. The van der Waals surface area contributed by atoms with Gasteiger partial charge in [0, 0.05) is 43.4 Å². The highest BCUT2D eigenvalue weighted by Crippen LogP contribution is 2.53. The van der Waals surface area contributed by atoms with Gasteiger partial charge in [0.2, 0.25) is 0 Å². The van der Waals surface area contributed by atoms with Gasteiger partial charge >= 0.3 is 0 Å². The Morgan fingerprint density at radius 2 is 0.873 bits per heavy atom. The first-order valence-corrected chi connectivity index (χ1v) is 19.5. The van der Waals surface area contributed by atoms with E-state index in [1.165, 1.54) is 65.2 Å². The van der Waals surface area contributed by atoms with Crippen LogP contribution >= 0.6 is 11.8 Å². The monoisotopic (exact) mass is 720 g/mol. The Morgan fingerprint density at radius 1 is 0.400 bits per heavy atom. The maximum atomic E-state index is 5.28. The minimum atomic E-state index is -0.634. The fourth-order valence-corrected chi connectivity index (χ4v) is 10.5. The van der Waals surface area contributed by atoms with Gasteiger partial charge < -0.3 is 9.13 Å². The number of hydrogen-bond donors (Lipinski definition) is 0. The van der Waals surface area contributed by atoms with Crippen LogP contribution in [0.3, 0.4) is 0 Å². The summed E-state index contributed by atoms with van der Waals surface area (Å²) in [6.45, 7) is 0. The van der Waals surface area contributed by atoms with Crippen molar-refractivity contribution in [3.05, 3.63) is 211 Å². The zero-order valence-corrected chi connectivity index (χ0v) is 30.5. The van der Waals surface area contributed by atoms with Crippen molar-refractivity contribution in [2.75, 3.05) is 0 Å². The molecule has 0 radical (unpaired) electrons. The third-order valence-corrected chi connectivity index (χ3v) is 12.6. The molecule has 55 heavy (non-hydrogen) atoms. The SMILES string of the molecule is c1ccc(C2(c3ccccc3)c3ccc(-n4c5ccccc5c5cc(-n6c7ccccc7c7ccccc76)ccc54)cc3Sc3nc4ccccc4n32)cc1. The molecule has 0 bridgehead atoms. The second kappa shape index (κ2) is 11.6. The second-order valence-electron chi connectivity index (χ2n) is 14.4. The minimum absolute atomic E-state index is 0.634. The van der Waals surface area contributed by atoms with Crippen molar-refractivity contribution < 1.29 is 0 Å². The van der Waals surface area contributed by atoms with Crippen LogP contribution in [0.1, 0.15) is 16.7 Å². The summed E-state index contributed by atoms with van der Waals surface area (Å²) in [6.07, 6.45) is 0. The summed E-state index contributed by atoms with van der Waals surface area (Å²) in [7, 11) is 0. The van der Waals surface area contributed by atoms with E-state index in [1.807, 2.05) is 0 Å². The summed E-state index contributed by atoms with van der Waals surface area (Å²) in [4.78, 5) is 6.48. The van der Waals surface area contributed by atoms with Crippen LogP contribution in [0.5, 0.6) is 0 Å². The van der Waals surface area contributed by atoms with E-state index in [9.17, 15) is 0 Å². The molecule has 0 N–H and O–H groups in total. The van der Waals surface area contributed by atoms with Gasteiger partial charge in [-0.15, -0.1) is 0 Å². The zero-order valence-electron chi connectivity index (χ0n) is 29.7. The van der Waals surface area contributed by atoms with Crippen molar-refractivity contribution in [3.8, 4) is 11.4 Å². The van der Waals surface area contributed by atoms with Crippen molar-refractivity contribution in [1.29, 1.82) is 0 Å². The van der Waals surface area contributed by atoms with Crippen molar-refractivity contribution in [3.63, 3.8) is 0 Å². The Bertz CT molecular complexity index is 3200. The Labute approximate surface area is 321 Å². The lowest BCUT2D eigenvalue weighted by molar-refractivity contribution is 0.473. The van der Waals surface area contributed by atoms with Gasteiger partial charge in [0.05, 0.1) is 33.1 Å². The fourth-order valence-electron chi connectivity index (χ4n) is 9.32. The van der Waals surface area contributed by atoms with Crippen molar-refractivity contribution >= 4 is 66.4 Å². The molecule has 5 heteroatoms. The van der Waals surface area contributed by atoms with E-state index in [-0.39, 0.29) is 0 Å². The molecule has 258 valence electrons. The van der Waals surface area contributed by atoms with Crippen LogP contribution in [-0.2, 0) is 5.54 Å². The van der Waals surface area contributed by atoms with Gasteiger partial charge in [-0.1, -0.05) is 145 Å². The lowest BCUT2D eigenvalue weighted by Crippen LogP contribution is -2.40. The molecule has 3 aromatic heterocycles. The standard InChI is InChI=1S/C50H32N4S/c1-3-15-33(16-4-1)50(34-17-5-2-6-18-34)41-29-27-36(32-48(41)55-49-51-42-22-10-14-26-47(42)54(49)50)53-45-25-13-9-21-39(45)40-31-35(28-30-46(40)53)52-43-23-11-7-19-37(43)38-20-8-12-24-44(38)52/h1-32H. The molecule has 0 spiro atoms. The van der Waals surface area contributed by atoms with Crippen LogP contribution in [0.25, 0.3) is 66.0 Å². The predicted octanol–water partition coefficient (Wildman–Crippen LogP) is 12.5. The largest absolute Gasteiger partial charge is 0.309 e. The first-order valence-electron chi connectivity index (χ1n) is 18.7. The normalized spacial score (nSPS) is 13.5. The van der Waals surface area contributed by atoms with Crippen LogP contribution in [0.4, 0.5) is 0 Å². The summed E-state index contributed by atoms with van der Waals surface area (Å²) >= 11 is 1.76. The van der Waals surface area contributed by atoms with E-state index < -0.39 is 5.54 Å². The Kier molecular flexibility index (Phi) is 6.45. The number of benzene rings is 8. The van der Waals surface area contributed by atoms with Crippen LogP contribution in [0.2, 0.25) is 0 Å². The zero-order chi connectivity index (χ0) is 36.1. The van der Waals surface area contributed by atoms with E-state index in [4.69, 9.17) is 4.98 Å². The molecular formula is C50H32N4S. The van der Waals surface area contributed by atoms with Crippen LogP contribution in [0.15, 0.2) is 204 Å². The number of imidazole rings is 1. The maximum Gasteiger partial charge on any atom is 0.175 e. The lowest BCUT2D eigenvalue weighted by Gasteiger charge is -2.42. The van der Waals surface area contributed by atoms with E-state index in [0.717, 1.165) is 27.6 Å². The third-order valence-electron chi connectivity index (χ3n) is 11.6. The van der Waals surface area contributed by atoms with Gasteiger partial charge in [0.15, 0.2) is 5.16 Å². The highest BCUT2D eigenvalue weighted by Gasteiger charge is 2.45. The van der Waals surface area contributed by atoms with Crippen molar-refractivity contribution in [2.24, 2.45) is 0 Å². The van der Waals surface area contributed by atoms with Gasteiger partial charge in [-0.3, -0.25) is 4.57 Å². The number of fused-ring (bicyclic) bond motifs is 10. The third kappa shape index (κ3) is 4.21. The maximum absolute atomic E-state index is 5.28. The Balaban J connectivity index is 1.11. The summed E-state index contributed by atoms with van der Waals surface area (Å²) in [6, 6.07) is 70.7. The molecule has 12 rings (SSSR count). The fraction of sp³-hybridized carbons (Fsp3) is 0.0200. The highest BCUT2D eigenvalue weighted by molar-refractivity contribution is 7.99. The molecule has 0 atom stereocenters. The summed E-state index contributed by atoms with van der Waals surface area (Å²) in [5.74, 6) is 0. The lowest BCUT2D eigenvalue weighted by atomic mass is 9.76. The molecule has 11 aromatic rings. The van der Waals surface area contributed by atoms with Gasteiger partial charge in [-0.25, -0.2) is 4.98 Å². The predicted molar refractivity (Wildman–Crippen MR) is 227 cm³/mol. The molecule has 0 saturated heterocycles. The van der Waals surface area contributed by atoms with E-state index in [2.05, 4.69) is 208 Å². The average molecular weight is 721 g/mol. The molecular weight excluding hydrogens is 689 g/mol. The second-order valence-corrected chi connectivity index (χ2v) is 15.4. The number of nitrogens with zero attached hydrogens (tertiary/aromatic N) is 4. The highest BCUT2D eigenvalue weighted by atomic mass is 32.2. The Hall–Kier alpha value is -6.82. The molecule has 0 fully saturated rings. The molecule has 0 amide bonds. The van der Waals surface area contributed by atoms with Gasteiger partial charge in [-0.05, 0) is 71.8 Å². The van der Waals surface area contributed by atoms with Crippen LogP contribution in [0, 0.1) is 0 Å². The molecule has 1 aliphatic heterocycles. The number of hydrogen-bond acceptors (Lipinski definition) is 2. The van der Waals surface area contributed by atoms with Crippen LogP contribution < -0.4 is 0 Å². The van der Waals surface area contributed by atoms with E-state index >= 15 is 0 Å². The molecule has 1 aliphatic rings. The molecule has 8 aromatic carbocycles. The van der Waals surface area contributed by atoms with Gasteiger partial charge in [0.1, 0.15) is 5.54 Å². The molecule has 0 unspecified atom stereocenters. The first-order chi connectivity index (χ1) is 27.3. The van der Waals surface area contributed by atoms with Crippen LogP contribution in [-0.4, -0.2) is 18.7 Å². The Morgan fingerprint density at radius 3 is 1.49 bits per heavy atom.